The third-order valence-corrected chi connectivity index (χ3v) is 3.27. The summed E-state index contributed by atoms with van der Waals surface area (Å²) >= 11 is 0. The average molecular weight is 264 g/mol. The van der Waals surface area contributed by atoms with E-state index in [1.54, 1.807) is 19.1 Å². The van der Waals surface area contributed by atoms with Crippen LogP contribution in [-0.2, 0) is 11.2 Å². The normalized spacial score (nSPS) is 12.3. The number of methoxy groups -OCH3 is 1. The number of likely N-dealkylation sites (N-methyl/N-ethyl adjacent to an activating group) is 1. The first-order valence-electron chi connectivity index (χ1n) is 6.59. The summed E-state index contributed by atoms with van der Waals surface area (Å²) in [6.07, 6.45) is 0.817. The molecule has 1 aromatic rings. The molecule has 0 saturated carbocycles. The lowest BCUT2D eigenvalue weighted by Crippen LogP contribution is -2.45. The summed E-state index contributed by atoms with van der Waals surface area (Å²) in [5.41, 5.74) is 7.04. The van der Waals surface area contributed by atoms with Gasteiger partial charge in [0, 0.05) is 13.6 Å². The van der Waals surface area contributed by atoms with E-state index in [0.717, 1.165) is 12.2 Å². The minimum atomic E-state index is -0.416. The third-order valence-electron chi connectivity index (χ3n) is 3.27. The molecule has 1 aromatic carbocycles. The number of rotatable bonds is 6. The van der Waals surface area contributed by atoms with Crippen molar-refractivity contribution in [3.63, 3.8) is 0 Å². The Balaban J connectivity index is 2.49. The first-order valence-corrected chi connectivity index (χ1v) is 6.59. The fourth-order valence-electron chi connectivity index (χ4n) is 1.74. The largest absolute Gasteiger partial charge is 0.497 e. The summed E-state index contributed by atoms with van der Waals surface area (Å²) in [6, 6.07) is 7.47. The second kappa shape index (κ2) is 7.14. The van der Waals surface area contributed by atoms with Crippen LogP contribution in [0.2, 0.25) is 0 Å². The quantitative estimate of drug-likeness (QED) is 0.850. The minimum absolute atomic E-state index is 0.00325. The lowest BCUT2D eigenvalue weighted by Gasteiger charge is -2.23. The molecule has 1 amide bonds. The predicted octanol–water partition coefficient (Wildman–Crippen LogP) is 1.68. The van der Waals surface area contributed by atoms with Crippen molar-refractivity contribution in [2.45, 2.75) is 26.3 Å². The van der Waals surface area contributed by atoms with Crippen LogP contribution in [0.5, 0.6) is 5.75 Å². The molecule has 1 rings (SSSR count). The van der Waals surface area contributed by atoms with Gasteiger partial charge in [-0.3, -0.25) is 4.79 Å². The summed E-state index contributed by atoms with van der Waals surface area (Å²) in [7, 11) is 3.45. The highest BCUT2D eigenvalue weighted by Gasteiger charge is 2.20. The van der Waals surface area contributed by atoms with Gasteiger partial charge in [0.05, 0.1) is 13.2 Å². The van der Waals surface area contributed by atoms with Gasteiger partial charge in [-0.15, -0.1) is 0 Å². The Kier molecular flexibility index (Phi) is 5.83. The first-order chi connectivity index (χ1) is 8.95. The van der Waals surface area contributed by atoms with Crippen LogP contribution in [0.1, 0.15) is 19.4 Å². The van der Waals surface area contributed by atoms with Crippen LogP contribution in [0.15, 0.2) is 24.3 Å². The molecule has 0 aliphatic rings. The average Bonchev–Trinajstić information content (AvgIpc) is 2.43. The number of hydrogen-bond donors (Lipinski definition) is 1. The van der Waals surface area contributed by atoms with Gasteiger partial charge in [-0.25, -0.2) is 0 Å². The summed E-state index contributed by atoms with van der Waals surface area (Å²) in [5, 5.41) is 0. The van der Waals surface area contributed by atoms with E-state index < -0.39 is 6.04 Å². The zero-order valence-corrected chi connectivity index (χ0v) is 12.2. The van der Waals surface area contributed by atoms with Crippen LogP contribution in [-0.4, -0.2) is 37.6 Å². The van der Waals surface area contributed by atoms with E-state index in [9.17, 15) is 4.79 Å². The van der Waals surface area contributed by atoms with E-state index in [4.69, 9.17) is 10.5 Å². The van der Waals surface area contributed by atoms with E-state index in [0.29, 0.717) is 6.54 Å². The monoisotopic (exact) mass is 264 g/mol. The SMILES string of the molecule is COc1ccc(CCN(C)C(=O)C(N)C(C)C)cc1. The first kappa shape index (κ1) is 15.5. The van der Waals surface area contributed by atoms with E-state index in [1.165, 1.54) is 5.56 Å². The number of carbonyl (C=O) groups excluding carboxylic acids is 1. The Bertz CT molecular complexity index is 401. The van der Waals surface area contributed by atoms with E-state index in [2.05, 4.69) is 0 Å². The van der Waals surface area contributed by atoms with Gasteiger partial charge in [-0.1, -0.05) is 26.0 Å². The van der Waals surface area contributed by atoms with Crippen molar-refractivity contribution in [2.75, 3.05) is 20.7 Å². The fourth-order valence-corrected chi connectivity index (χ4v) is 1.74. The maximum Gasteiger partial charge on any atom is 0.239 e. The molecule has 106 valence electrons. The summed E-state index contributed by atoms with van der Waals surface area (Å²) in [6.45, 7) is 4.59. The van der Waals surface area contributed by atoms with Crippen molar-refractivity contribution in [3.8, 4) is 5.75 Å². The minimum Gasteiger partial charge on any atom is -0.497 e. The second-order valence-electron chi connectivity index (χ2n) is 5.13. The molecule has 0 fully saturated rings. The van der Waals surface area contributed by atoms with Crippen molar-refractivity contribution >= 4 is 5.91 Å². The standard InChI is InChI=1S/C15H24N2O2/c1-11(2)14(16)15(18)17(3)10-9-12-5-7-13(19-4)8-6-12/h5-8,11,14H,9-10,16H2,1-4H3. The van der Waals surface area contributed by atoms with Crippen LogP contribution in [0, 0.1) is 5.92 Å². The molecule has 4 heteroatoms. The molecule has 2 N–H and O–H groups in total. The molecule has 19 heavy (non-hydrogen) atoms. The van der Waals surface area contributed by atoms with Crippen LogP contribution in [0.4, 0.5) is 0 Å². The number of benzene rings is 1. The highest BCUT2D eigenvalue weighted by molar-refractivity contribution is 5.81. The summed E-state index contributed by atoms with van der Waals surface area (Å²) < 4.78 is 5.11. The number of hydrogen-bond acceptors (Lipinski definition) is 3. The highest BCUT2D eigenvalue weighted by atomic mass is 16.5. The van der Waals surface area contributed by atoms with Gasteiger partial charge in [0.2, 0.25) is 5.91 Å². The van der Waals surface area contributed by atoms with Gasteiger partial charge >= 0.3 is 0 Å². The lowest BCUT2D eigenvalue weighted by molar-refractivity contribution is -0.132. The Labute approximate surface area is 115 Å². The summed E-state index contributed by atoms with van der Waals surface area (Å²) in [4.78, 5) is 13.7. The molecule has 1 atom stereocenters. The predicted molar refractivity (Wildman–Crippen MR) is 77.1 cm³/mol. The smallest absolute Gasteiger partial charge is 0.239 e. The molecule has 4 nitrogen and oxygen atoms in total. The van der Waals surface area contributed by atoms with E-state index >= 15 is 0 Å². The zero-order chi connectivity index (χ0) is 14.4. The van der Waals surface area contributed by atoms with Gasteiger partial charge < -0.3 is 15.4 Å². The molecule has 0 saturated heterocycles. The van der Waals surface area contributed by atoms with Crippen LogP contribution in [0.3, 0.4) is 0 Å². The molecule has 0 bridgehead atoms. The molecule has 1 unspecified atom stereocenters. The molecule has 0 aliphatic carbocycles. The second-order valence-corrected chi connectivity index (χ2v) is 5.13. The third kappa shape index (κ3) is 4.56. The Hall–Kier alpha value is -1.55. The summed E-state index contributed by atoms with van der Waals surface area (Å²) in [5.74, 6) is 1.01. The highest BCUT2D eigenvalue weighted by Crippen LogP contribution is 2.12. The zero-order valence-electron chi connectivity index (χ0n) is 12.2. The number of ether oxygens (including phenoxy) is 1. The van der Waals surface area contributed by atoms with Crippen LogP contribution >= 0.6 is 0 Å². The van der Waals surface area contributed by atoms with Gasteiger partial charge in [-0.05, 0) is 30.0 Å². The Morgan fingerprint density at radius 2 is 1.89 bits per heavy atom. The van der Waals surface area contributed by atoms with Gasteiger partial charge in [0.25, 0.3) is 0 Å². The van der Waals surface area contributed by atoms with E-state index in [1.807, 2.05) is 38.1 Å². The molecular weight excluding hydrogens is 240 g/mol. The lowest BCUT2D eigenvalue weighted by atomic mass is 10.0. The topological polar surface area (TPSA) is 55.6 Å². The van der Waals surface area contributed by atoms with Crippen molar-refractivity contribution < 1.29 is 9.53 Å². The van der Waals surface area contributed by atoms with E-state index in [-0.39, 0.29) is 11.8 Å². The number of nitrogens with zero attached hydrogens (tertiary/aromatic N) is 1. The Morgan fingerprint density at radius 1 is 1.32 bits per heavy atom. The molecule has 0 aliphatic heterocycles. The van der Waals surface area contributed by atoms with Crippen molar-refractivity contribution in [1.82, 2.24) is 4.90 Å². The molecular formula is C15H24N2O2. The number of nitrogens with two attached hydrogens (primary N) is 1. The number of amides is 1. The van der Waals surface area contributed by atoms with Crippen molar-refractivity contribution in [2.24, 2.45) is 11.7 Å². The maximum atomic E-state index is 12.0. The molecule has 0 aromatic heterocycles. The maximum absolute atomic E-state index is 12.0. The van der Waals surface area contributed by atoms with Crippen LogP contribution in [0.25, 0.3) is 0 Å². The van der Waals surface area contributed by atoms with Gasteiger partial charge in [-0.2, -0.15) is 0 Å². The Morgan fingerprint density at radius 3 is 2.37 bits per heavy atom. The molecule has 0 radical (unpaired) electrons. The van der Waals surface area contributed by atoms with Crippen LogP contribution < -0.4 is 10.5 Å². The van der Waals surface area contributed by atoms with Crippen molar-refractivity contribution in [3.05, 3.63) is 29.8 Å². The number of carbonyl (C=O) groups is 1. The molecule has 0 heterocycles. The van der Waals surface area contributed by atoms with Gasteiger partial charge in [0.1, 0.15) is 5.75 Å². The fraction of sp³-hybridized carbons (Fsp3) is 0.533. The van der Waals surface area contributed by atoms with Gasteiger partial charge in [0.15, 0.2) is 0 Å². The van der Waals surface area contributed by atoms with Crippen molar-refractivity contribution in [1.29, 1.82) is 0 Å². The molecule has 0 spiro atoms.